The third-order valence-corrected chi connectivity index (χ3v) is 4.03. The first kappa shape index (κ1) is 10.5. The van der Waals surface area contributed by atoms with Crippen molar-refractivity contribution in [2.24, 2.45) is 5.92 Å². The summed E-state index contributed by atoms with van der Waals surface area (Å²) < 4.78 is 0. The summed E-state index contributed by atoms with van der Waals surface area (Å²) in [4.78, 5) is 2.69. The Hall–Kier alpha value is -0.0400. The van der Waals surface area contributed by atoms with Crippen LogP contribution in [0.15, 0.2) is 0 Å². The minimum Gasteiger partial charge on any atom is -0.303 e. The molecule has 0 radical (unpaired) electrons. The lowest BCUT2D eigenvalue weighted by Crippen LogP contribution is -2.31. The molecule has 0 aromatic carbocycles. The van der Waals surface area contributed by atoms with Gasteiger partial charge in [-0.1, -0.05) is 38.5 Å². The predicted molar refractivity (Wildman–Crippen MR) is 61.5 cm³/mol. The Balaban J connectivity index is 1.60. The van der Waals surface area contributed by atoms with Crippen LogP contribution < -0.4 is 0 Å². The monoisotopic (exact) mass is 195 g/mol. The number of nitrogens with zero attached hydrogens (tertiary/aromatic N) is 1. The van der Waals surface area contributed by atoms with Crippen LogP contribution in [0, 0.1) is 5.92 Å². The Kier molecular flexibility index (Phi) is 4.30. The molecule has 0 N–H and O–H groups in total. The molecule has 0 aromatic rings. The lowest BCUT2D eigenvalue weighted by Gasteiger charge is -2.29. The maximum atomic E-state index is 2.69. The van der Waals surface area contributed by atoms with E-state index in [2.05, 4.69) is 4.90 Å². The van der Waals surface area contributed by atoms with Gasteiger partial charge in [-0.05, 0) is 44.8 Å². The summed E-state index contributed by atoms with van der Waals surface area (Å²) in [7, 11) is 0. The summed E-state index contributed by atoms with van der Waals surface area (Å²) in [6.45, 7) is 4.16. The van der Waals surface area contributed by atoms with Crippen LogP contribution in [0.3, 0.4) is 0 Å². The minimum absolute atomic E-state index is 1.07. The van der Waals surface area contributed by atoms with E-state index in [0.717, 1.165) is 5.92 Å². The van der Waals surface area contributed by atoms with Crippen molar-refractivity contribution in [3.63, 3.8) is 0 Å². The van der Waals surface area contributed by atoms with Gasteiger partial charge in [0.25, 0.3) is 0 Å². The second-order valence-electron chi connectivity index (χ2n) is 5.20. The molecule has 0 amide bonds. The molecule has 1 heteroatoms. The zero-order valence-electron chi connectivity index (χ0n) is 9.51. The molecule has 1 saturated heterocycles. The molecule has 0 spiro atoms. The molecule has 1 aliphatic heterocycles. The average Bonchev–Trinajstić information content (AvgIpc) is 2.29. The summed E-state index contributed by atoms with van der Waals surface area (Å²) in [5.74, 6) is 1.07. The van der Waals surface area contributed by atoms with Crippen LogP contribution in [0.5, 0.6) is 0 Å². The fourth-order valence-corrected chi connectivity index (χ4v) is 3.02. The third kappa shape index (κ3) is 3.27. The molecule has 0 bridgehead atoms. The number of hydrogen-bond acceptors (Lipinski definition) is 1. The Morgan fingerprint density at radius 2 is 1.43 bits per heavy atom. The van der Waals surface area contributed by atoms with E-state index in [1.807, 2.05) is 0 Å². The zero-order valence-corrected chi connectivity index (χ0v) is 9.51. The predicted octanol–water partition coefficient (Wildman–Crippen LogP) is 3.44. The standard InChI is InChI=1S/C13H25N/c1-3-7-13(8-4-1)9-12-14-10-5-2-6-11-14/h13H,1-12H2. The van der Waals surface area contributed by atoms with Crippen molar-refractivity contribution in [3.05, 3.63) is 0 Å². The van der Waals surface area contributed by atoms with Crippen molar-refractivity contribution in [3.8, 4) is 0 Å². The molecule has 1 aliphatic carbocycles. The molecule has 0 unspecified atom stereocenters. The highest BCUT2D eigenvalue weighted by Gasteiger charge is 2.15. The average molecular weight is 195 g/mol. The molecule has 1 heterocycles. The Bertz CT molecular complexity index is 125. The molecule has 1 saturated carbocycles. The van der Waals surface area contributed by atoms with Gasteiger partial charge in [-0.3, -0.25) is 0 Å². The van der Waals surface area contributed by atoms with Crippen LogP contribution in [-0.2, 0) is 0 Å². The van der Waals surface area contributed by atoms with E-state index in [9.17, 15) is 0 Å². The highest BCUT2D eigenvalue weighted by molar-refractivity contribution is 4.70. The van der Waals surface area contributed by atoms with Crippen LogP contribution in [0.25, 0.3) is 0 Å². The molecule has 1 nitrogen and oxygen atoms in total. The van der Waals surface area contributed by atoms with Gasteiger partial charge in [0.2, 0.25) is 0 Å². The zero-order chi connectivity index (χ0) is 9.64. The minimum atomic E-state index is 1.07. The second kappa shape index (κ2) is 5.75. The van der Waals surface area contributed by atoms with E-state index >= 15 is 0 Å². The van der Waals surface area contributed by atoms with Gasteiger partial charge in [0, 0.05) is 0 Å². The van der Waals surface area contributed by atoms with Crippen LogP contribution in [0.2, 0.25) is 0 Å². The second-order valence-corrected chi connectivity index (χ2v) is 5.20. The van der Waals surface area contributed by atoms with Gasteiger partial charge in [0.05, 0.1) is 0 Å². The molecule has 2 fully saturated rings. The smallest absolute Gasteiger partial charge is 0.00161 e. The van der Waals surface area contributed by atoms with E-state index < -0.39 is 0 Å². The summed E-state index contributed by atoms with van der Waals surface area (Å²) in [6, 6.07) is 0. The summed E-state index contributed by atoms with van der Waals surface area (Å²) >= 11 is 0. The van der Waals surface area contributed by atoms with Gasteiger partial charge in [0.15, 0.2) is 0 Å². The van der Waals surface area contributed by atoms with Crippen LogP contribution >= 0.6 is 0 Å². The molecule has 14 heavy (non-hydrogen) atoms. The van der Waals surface area contributed by atoms with Gasteiger partial charge in [0.1, 0.15) is 0 Å². The van der Waals surface area contributed by atoms with Gasteiger partial charge < -0.3 is 4.90 Å². The molecular formula is C13H25N. The third-order valence-electron chi connectivity index (χ3n) is 4.03. The highest BCUT2D eigenvalue weighted by Crippen LogP contribution is 2.26. The largest absolute Gasteiger partial charge is 0.303 e. The quantitative estimate of drug-likeness (QED) is 0.667. The van der Waals surface area contributed by atoms with E-state index in [4.69, 9.17) is 0 Å². The molecule has 0 atom stereocenters. The van der Waals surface area contributed by atoms with Crippen LogP contribution in [-0.4, -0.2) is 24.5 Å². The van der Waals surface area contributed by atoms with E-state index in [-0.39, 0.29) is 0 Å². The van der Waals surface area contributed by atoms with Gasteiger partial charge in [-0.25, -0.2) is 0 Å². The fourth-order valence-electron chi connectivity index (χ4n) is 3.02. The Morgan fingerprint density at radius 1 is 0.786 bits per heavy atom. The van der Waals surface area contributed by atoms with Gasteiger partial charge >= 0.3 is 0 Å². The maximum absolute atomic E-state index is 2.69. The van der Waals surface area contributed by atoms with E-state index in [1.54, 1.807) is 0 Å². The van der Waals surface area contributed by atoms with Gasteiger partial charge in [-0.15, -0.1) is 0 Å². The lowest BCUT2D eigenvalue weighted by molar-refractivity contribution is 0.201. The molecule has 2 rings (SSSR count). The SMILES string of the molecule is C1CCC(CCN2CCCCC2)CC1. The summed E-state index contributed by atoms with van der Waals surface area (Å²) in [5, 5.41) is 0. The molecular weight excluding hydrogens is 170 g/mol. The number of piperidine rings is 1. The Labute approximate surface area is 88.9 Å². The number of rotatable bonds is 3. The molecule has 82 valence electrons. The lowest BCUT2D eigenvalue weighted by atomic mass is 9.87. The molecule has 2 aliphatic rings. The van der Waals surface area contributed by atoms with Crippen molar-refractivity contribution in [1.29, 1.82) is 0 Å². The van der Waals surface area contributed by atoms with Crippen molar-refractivity contribution in [2.75, 3.05) is 19.6 Å². The summed E-state index contributed by atoms with van der Waals surface area (Å²) in [5.41, 5.74) is 0. The van der Waals surface area contributed by atoms with Crippen molar-refractivity contribution < 1.29 is 0 Å². The van der Waals surface area contributed by atoms with Crippen molar-refractivity contribution >= 4 is 0 Å². The van der Waals surface area contributed by atoms with Crippen LogP contribution in [0.4, 0.5) is 0 Å². The topological polar surface area (TPSA) is 3.24 Å². The number of likely N-dealkylation sites (tertiary alicyclic amines) is 1. The van der Waals surface area contributed by atoms with Crippen molar-refractivity contribution in [1.82, 2.24) is 4.90 Å². The maximum Gasteiger partial charge on any atom is -0.00161 e. The first-order chi connectivity index (χ1) is 6.95. The number of hydrogen-bond donors (Lipinski definition) is 0. The van der Waals surface area contributed by atoms with Crippen LogP contribution in [0.1, 0.15) is 57.8 Å². The molecule has 0 aromatic heterocycles. The first-order valence-electron chi connectivity index (χ1n) is 6.67. The van der Waals surface area contributed by atoms with E-state index in [1.165, 1.54) is 77.4 Å². The normalized spacial score (nSPS) is 26.6. The van der Waals surface area contributed by atoms with Gasteiger partial charge in [-0.2, -0.15) is 0 Å². The van der Waals surface area contributed by atoms with E-state index in [0.29, 0.717) is 0 Å². The Morgan fingerprint density at radius 3 is 2.14 bits per heavy atom. The summed E-state index contributed by atoms with van der Waals surface area (Å²) in [6.07, 6.45) is 13.4. The fraction of sp³-hybridized carbons (Fsp3) is 1.00. The first-order valence-corrected chi connectivity index (χ1v) is 6.67. The highest BCUT2D eigenvalue weighted by atomic mass is 15.1. The van der Waals surface area contributed by atoms with Crippen molar-refractivity contribution in [2.45, 2.75) is 57.8 Å².